The van der Waals surface area contributed by atoms with E-state index in [1.54, 1.807) is 0 Å². The van der Waals surface area contributed by atoms with E-state index in [1.807, 2.05) is 0 Å². The second-order valence-electron chi connectivity index (χ2n) is 4.04. The molecule has 0 aromatic carbocycles. The third kappa shape index (κ3) is 2.63. The predicted molar refractivity (Wildman–Crippen MR) is 54.2 cm³/mol. The van der Waals surface area contributed by atoms with E-state index in [-0.39, 0.29) is 0 Å². The molecule has 1 aliphatic rings. The Morgan fingerprint density at radius 1 is 1.50 bits per heavy atom. The van der Waals surface area contributed by atoms with Crippen molar-refractivity contribution in [3.63, 3.8) is 0 Å². The molecule has 1 rings (SSSR count). The number of allylic oxidation sites excluding steroid dienone is 1. The highest BCUT2D eigenvalue weighted by molar-refractivity contribution is 4.98. The molecule has 0 aliphatic carbocycles. The largest absolute Gasteiger partial charge is 0.308 e. The van der Waals surface area contributed by atoms with E-state index >= 15 is 0 Å². The number of hydrogen-bond donors (Lipinski definition) is 1. The molecule has 1 heterocycles. The lowest BCUT2D eigenvalue weighted by atomic mass is 9.99. The molecule has 0 saturated carbocycles. The van der Waals surface area contributed by atoms with Gasteiger partial charge in [0.25, 0.3) is 0 Å². The van der Waals surface area contributed by atoms with Crippen LogP contribution < -0.4 is 5.32 Å². The number of nitrogens with one attached hydrogen (secondary N) is 1. The lowest BCUT2D eigenvalue weighted by Gasteiger charge is -2.24. The third-order valence-corrected chi connectivity index (χ3v) is 2.69. The monoisotopic (exact) mass is 167 g/mol. The third-order valence-electron chi connectivity index (χ3n) is 2.69. The average Bonchev–Trinajstić information content (AvgIpc) is 2.28. The van der Waals surface area contributed by atoms with Crippen molar-refractivity contribution in [3.8, 4) is 0 Å². The maximum atomic E-state index is 3.68. The second-order valence-corrected chi connectivity index (χ2v) is 4.04. The van der Waals surface area contributed by atoms with Gasteiger partial charge in [-0.1, -0.05) is 32.9 Å². The van der Waals surface area contributed by atoms with E-state index in [9.17, 15) is 0 Å². The van der Waals surface area contributed by atoms with Crippen molar-refractivity contribution in [3.05, 3.63) is 12.2 Å². The first-order valence-corrected chi connectivity index (χ1v) is 5.16. The first-order chi connectivity index (χ1) is 5.74. The molecule has 1 nitrogen and oxygen atoms in total. The maximum Gasteiger partial charge on any atom is 0.0250 e. The predicted octanol–water partition coefficient (Wildman–Crippen LogP) is 2.73. The highest BCUT2D eigenvalue weighted by Crippen LogP contribution is 2.14. The van der Waals surface area contributed by atoms with E-state index in [0.717, 1.165) is 5.92 Å². The van der Waals surface area contributed by atoms with Gasteiger partial charge in [0, 0.05) is 12.1 Å². The van der Waals surface area contributed by atoms with Crippen LogP contribution in [0.1, 0.15) is 40.0 Å². The molecule has 1 aliphatic heterocycles. The summed E-state index contributed by atoms with van der Waals surface area (Å²) < 4.78 is 0. The fourth-order valence-corrected chi connectivity index (χ4v) is 1.73. The second kappa shape index (κ2) is 4.66. The molecule has 0 fully saturated rings. The van der Waals surface area contributed by atoms with Gasteiger partial charge in [-0.05, 0) is 25.2 Å². The smallest absolute Gasteiger partial charge is 0.0250 e. The maximum absolute atomic E-state index is 3.68. The summed E-state index contributed by atoms with van der Waals surface area (Å²) in [4.78, 5) is 0. The summed E-state index contributed by atoms with van der Waals surface area (Å²) in [7, 11) is 0. The molecule has 2 unspecified atom stereocenters. The van der Waals surface area contributed by atoms with Crippen LogP contribution in [0, 0.1) is 5.92 Å². The van der Waals surface area contributed by atoms with E-state index in [0.29, 0.717) is 12.1 Å². The van der Waals surface area contributed by atoms with Gasteiger partial charge in [-0.15, -0.1) is 0 Å². The molecule has 0 aromatic heterocycles. The Labute approximate surface area is 76.2 Å². The SMILES string of the molecule is CCC1C=CCCC(C(C)C)N1. The molecule has 2 atom stereocenters. The normalized spacial score (nSPS) is 30.7. The molecule has 0 saturated heterocycles. The first kappa shape index (κ1) is 9.79. The van der Waals surface area contributed by atoms with Crippen molar-refractivity contribution in [2.45, 2.75) is 52.1 Å². The van der Waals surface area contributed by atoms with Crippen molar-refractivity contribution in [2.75, 3.05) is 0 Å². The van der Waals surface area contributed by atoms with E-state index in [4.69, 9.17) is 0 Å². The molecule has 70 valence electrons. The van der Waals surface area contributed by atoms with Crippen molar-refractivity contribution in [1.82, 2.24) is 5.32 Å². The zero-order valence-corrected chi connectivity index (χ0v) is 8.51. The minimum atomic E-state index is 0.611. The molecule has 12 heavy (non-hydrogen) atoms. The van der Waals surface area contributed by atoms with Gasteiger partial charge in [-0.2, -0.15) is 0 Å². The molecular formula is C11H21N. The zero-order chi connectivity index (χ0) is 8.97. The van der Waals surface area contributed by atoms with Crippen LogP contribution in [0.3, 0.4) is 0 Å². The Bertz CT molecular complexity index is 149. The van der Waals surface area contributed by atoms with Crippen molar-refractivity contribution in [2.24, 2.45) is 5.92 Å². The lowest BCUT2D eigenvalue weighted by molar-refractivity contribution is 0.361. The summed E-state index contributed by atoms with van der Waals surface area (Å²) in [5, 5.41) is 3.68. The molecule has 1 heteroatoms. The van der Waals surface area contributed by atoms with Crippen LogP contribution >= 0.6 is 0 Å². The van der Waals surface area contributed by atoms with Gasteiger partial charge < -0.3 is 5.32 Å². The van der Waals surface area contributed by atoms with Crippen LogP contribution in [0.15, 0.2) is 12.2 Å². The summed E-state index contributed by atoms with van der Waals surface area (Å²) in [6.07, 6.45) is 8.39. The zero-order valence-electron chi connectivity index (χ0n) is 8.51. The van der Waals surface area contributed by atoms with Crippen LogP contribution in [0.25, 0.3) is 0 Å². The quantitative estimate of drug-likeness (QED) is 0.624. The molecule has 0 spiro atoms. The summed E-state index contributed by atoms with van der Waals surface area (Å²) in [5.41, 5.74) is 0. The highest BCUT2D eigenvalue weighted by atomic mass is 14.9. The van der Waals surface area contributed by atoms with Crippen molar-refractivity contribution in [1.29, 1.82) is 0 Å². The Morgan fingerprint density at radius 2 is 2.25 bits per heavy atom. The molecular weight excluding hydrogens is 146 g/mol. The van der Waals surface area contributed by atoms with Crippen molar-refractivity contribution < 1.29 is 0 Å². The van der Waals surface area contributed by atoms with Crippen LogP contribution in [-0.4, -0.2) is 12.1 Å². The Kier molecular flexibility index (Phi) is 3.80. The van der Waals surface area contributed by atoms with Crippen LogP contribution in [0.5, 0.6) is 0 Å². The van der Waals surface area contributed by atoms with E-state index in [2.05, 4.69) is 38.2 Å². The Hall–Kier alpha value is -0.300. The van der Waals surface area contributed by atoms with Gasteiger partial charge >= 0.3 is 0 Å². The van der Waals surface area contributed by atoms with E-state index in [1.165, 1.54) is 19.3 Å². The summed E-state index contributed by atoms with van der Waals surface area (Å²) in [6.45, 7) is 6.84. The van der Waals surface area contributed by atoms with Gasteiger partial charge in [0.15, 0.2) is 0 Å². The minimum Gasteiger partial charge on any atom is -0.308 e. The Morgan fingerprint density at radius 3 is 2.83 bits per heavy atom. The first-order valence-electron chi connectivity index (χ1n) is 5.16. The molecule has 0 bridgehead atoms. The molecule has 0 aromatic rings. The van der Waals surface area contributed by atoms with Gasteiger partial charge in [-0.3, -0.25) is 0 Å². The van der Waals surface area contributed by atoms with Gasteiger partial charge in [0.1, 0.15) is 0 Å². The fraction of sp³-hybridized carbons (Fsp3) is 0.818. The topological polar surface area (TPSA) is 12.0 Å². The summed E-state index contributed by atoms with van der Waals surface area (Å²) >= 11 is 0. The van der Waals surface area contributed by atoms with Crippen LogP contribution in [-0.2, 0) is 0 Å². The lowest BCUT2D eigenvalue weighted by Crippen LogP contribution is -2.39. The minimum absolute atomic E-state index is 0.611. The average molecular weight is 167 g/mol. The van der Waals surface area contributed by atoms with E-state index < -0.39 is 0 Å². The van der Waals surface area contributed by atoms with Gasteiger partial charge in [-0.25, -0.2) is 0 Å². The summed E-state index contributed by atoms with van der Waals surface area (Å²) in [6, 6.07) is 1.32. The number of rotatable bonds is 2. The van der Waals surface area contributed by atoms with Gasteiger partial charge in [0.2, 0.25) is 0 Å². The molecule has 0 amide bonds. The fourth-order valence-electron chi connectivity index (χ4n) is 1.73. The van der Waals surface area contributed by atoms with Crippen LogP contribution in [0.4, 0.5) is 0 Å². The Balaban J connectivity index is 2.48. The van der Waals surface area contributed by atoms with Crippen LogP contribution in [0.2, 0.25) is 0 Å². The standard InChI is InChI=1S/C11H21N/c1-4-10-7-5-6-8-11(12-10)9(2)3/h5,7,9-12H,4,6,8H2,1-3H3. The summed E-state index contributed by atoms with van der Waals surface area (Å²) in [5.74, 6) is 0.763. The molecule has 1 N–H and O–H groups in total. The highest BCUT2D eigenvalue weighted by Gasteiger charge is 2.16. The van der Waals surface area contributed by atoms with Crippen molar-refractivity contribution >= 4 is 0 Å². The number of hydrogen-bond acceptors (Lipinski definition) is 1. The molecule has 0 radical (unpaired) electrons. The van der Waals surface area contributed by atoms with Gasteiger partial charge in [0.05, 0.1) is 0 Å².